The molecule has 20 heavy (non-hydrogen) atoms. The second kappa shape index (κ2) is 6.61. The maximum Gasteiger partial charge on any atom is 0.331 e. The third-order valence-electron chi connectivity index (χ3n) is 3.50. The van der Waals surface area contributed by atoms with Gasteiger partial charge in [-0.3, -0.25) is 0 Å². The Hall–Kier alpha value is -1.75. The number of methoxy groups -OCH3 is 2. The van der Waals surface area contributed by atoms with Gasteiger partial charge in [-0.25, -0.2) is 4.79 Å². The van der Waals surface area contributed by atoms with Crippen LogP contribution in [-0.4, -0.2) is 38.4 Å². The van der Waals surface area contributed by atoms with E-state index in [1.165, 1.54) is 7.11 Å². The minimum Gasteiger partial charge on any atom is -0.497 e. The molecule has 2 rings (SSSR count). The van der Waals surface area contributed by atoms with Gasteiger partial charge in [-0.1, -0.05) is 0 Å². The molecular formula is C15H21NO4. The van der Waals surface area contributed by atoms with Crippen LogP contribution >= 0.6 is 0 Å². The lowest BCUT2D eigenvalue weighted by molar-refractivity contribution is -0.144. The van der Waals surface area contributed by atoms with Crippen molar-refractivity contribution in [2.45, 2.75) is 38.0 Å². The van der Waals surface area contributed by atoms with Gasteiger partial charge >= 0.3 is 5.97 Å². The number of nitrogens with one attached hydrogen (secondary N) is 1. The first-order valence-electron chi connectivity index (χ1n) is 6.78. The Morgan fingerprint density at radius 1 is 1.30 bits per heavy atom. The zero-order valence-corrected chi connectivity index (χ0v) is 12.1. The van der Waals surface area contributed by atoms with E-state index >= 15 is 0 Å². The molecule has 1 aromatic carbocycles. The molecule has 0 aromatic heterocycles. The molecular weight excluding hydrogens is 258 g/mol. The zero-order valence-electron chi connectivity index (χ0n) is 12.1. The predicted molar refractivity (Wildman–Crippen MR) is 76.0 cm³/mol. The fourth-order valence-electron chi connectivity index (χ4n) is 2.38. The standard InChI is InChI=1S/C15H21NO4/c1-10-4-9-13(20-10)14(15(17)19-3)16-11-5-7-12(18-2)8-6-11/h5-8,10,13-14,16H,4,9H2,1-3H3. The Morgan fingerprint density at radius 3 is 2.50 bits per heavy atom. The fraction of sp³-hybridized carbons (Fsp3) is 0.533. The van der Waals surface area contributed by atoms with E-state index in [-0.39, 0.29) is 18.2 Å². The van der Waals surface area contributed by atoms with Crippen molar-refractivity contribution in [2.24, 2.45) is 0 Å². The summed E-state index contributed by atoms with van der Waals surface area (Å²) in [7, 11) is 3.01. The summed E-state index contributed by atoms with van der Waals surface area (Å²) in [4.78, 5) is 11.9. The minimum atomic E-state index is -0.488. The van der Waals surface area contributed by atoms with Gasteiger partial charge in [0, 0.05) is 5.69 Å². The second-order valence-corrected chi connectivity index (χ2v) is 4.94. The molecule has 0 spiro atoms. The van der Waals surface area contributed by atoms with Gasteiger partial charge in [0.15, 0.2) is 6.04 Å². The van der Waals surface area contributed by atoms with Crippen LogP contribution in [0.25, 0.3) is 0 Å². The van der Waals surface area contributed by atoms with Crippen LogP contribution in [0.3, 0.4) is 0 Å². The largest absolute Gasteiger partial charge is 0.497 e. The van der Waals surface area contributed by atoms with Gasteiger partial charge in [0.25, 0.3) is 0 Å². The molecule has 110 valence electrons. The molecule has 1 fully saturated rings. The van der Waals surface area contributed by atoms with E-state index in [9.17, 15) is 4.79 Å². The highest BCUT2D eigenvalue weighted by atomic mass is 16.5. The van der Waals surface area contributed by atoms with Crippen molar-refractivity contribution < 1.29 is 19.0 Å². The molecule has 3 unspecified atom stereocenters. The lowest BCUT2D eigenvalue weighted by Gasteiger charge is -2.23. The third-order valence-corrected chi connectivity index (χ3v) is 3.50. The molecule has 5 heteroatoms. The Morgan fingerprint density at radius 2 is 2.00 bits per heavy atom. The van der Waals surface area contributed by atoms with Crippen LogP contribution < -0.4 is 10.1 Å². The van der Waals surface area contributed by atoms with E-state index < -0.39 is 6.04 Å². The Balaban J connectivity index is 2.08. The molecule has 1 aliphatic rings. The van der Waals surface area contributed by atoms with Crippen LogP contribution in [0.15, 0.2) is 24.3 Å². The molecule has 1 aliphatic heterocycles. The van der Waals surface area contributed by atoms with E-state index in [0.717, 1.165) is 24.3 Å². The maximum atomic E-state index is 11.9. The average molecular weight is 279 g/mol. The number of carbonyl (C=O) groups excluding carboxylic acids is 1. The van der Waals surface area contributed by atoms with Crippen LogP contribution in [0.4, 0.5) is 5.69 Å². The first-order chi connectivity index (χ1) is 9.63. The maximum absolute atomic E-state index is 11.9. The SMILES string of the molecule is COC(=O)C(Nc1ccc(OC)cc1)C1CCC(C)O1. The summed E-state index contributed by atoms with van der Waals surface area (Å²) >= 11 is 0. The van der Waals surface area contributed by atoms with Gasteiger partial charge < -0.3 is 19.5 Å². The van der Waals surface area contributed by atoms with E-state index in [2.05, 4.69) is 5.32 Å². The normalized spacial score (nSPS) is 23.1. The number of esters is 1. The van der Waals surface area contributed by atoms with Gasteiger partial charge in [0.2, 0.25) is 0 Å². The van der Waals surface area contributed by atoms with Gasteiger partial charge in [0.05, 0.1) is 26.4 Å². The topological polar surface area (TPSA) is 56.8 Å². The molecule has 0 aliphatic carbocycles. The van der Waals surface area contributed by atoms with Crippen LogP contribution in [0.5, 0.6) is 5.75 Å². The van der Waals surface area contributed by atoms with Crippen molar-refractivity contribution in [3.8, 4) is 5.75 Å². The van der Waals surface area contributed by atoms with Crippen molar-refractivity contribution in [3.05, 3.63) is 24.3 Å². The lowest BCUT2D eigenvalue weighted by atomic mass is 10.1. The van der Waals surface area contributed by atoms with E-state index in [0.29, 0.717) is 0 Å². The lowest BCUT2D eigenvalue weighted by Crippen LogP contribution is -2.41. The number of hydrogen-bond acceptors (Lipinski definition) is 5. The molecule has 0 radical (unpaired) electrons. The Kier molecular flexibility index (Phi) is 4.84. The summed E-state index contributed by atoms with van der Waals surface area (Å²) in [5, 5.41) is 3.19. The first-order valence-corrected chi connectivity index (χ1v) is 6.78. The molecule has 1 N–H and O–H groups in total. The monoisotopic (exact) mass is 279 g/mol. The minimum absolute atomic E-state index is 0.153. The molecule has 5 nitrogen and oxygen atoms in total. The highest BCUT2D eigenvalue weighted by Crippen LogP contribution is 2.25. The highest BCUT2D eigenvalue weighted by Gasteiger charge is 2.35. The van der Waals surface area contributed by atoms with E-state index in [1.54, 1.807) is 7.11 Å². The van der Waals surface area contributed by atoms with Crippen LogP contribution in [-0.2, 0) is 14.3 Å². The molecule has 1 saturated heterocycles. The summed E-state index contributed by atoms with van der Waals surface area (Å²) in [6, 6.07) is 6.93. The third kappa shape index (κ3) is 3.42. The van der Waals surface area contributed by atoms with Crippen molar-refractivity contribution in [2.75, 3.05) is 19.5 Å². The fourth-order valence-corrected chi connectivity index (χ4v) is 2.38. The second-order valence-electron chi connectivity index (χ2n) is 4.94. The van der Waals surface area contributed by atoms with Crippen LogP contribution in [0.1, 0.15) is 19.8 Å². The van der Waals surface area contributed by atoms with Crippen LogP contribution in [0, 0.1) is 0 Å². The summed E-state index contributed by atoms with van der Waals surface area (Å²) < 4.78 is 15.8. The van der Waals surface area contributed by atoms with Gasteiger partial charge in [0.1, 0.15) is 5.75 Å². The van der Waals surface area contributed by atoms with Gasteiger partial charge in [-0.05, 0) is 44.0 Å². The predicted octanol–water partition coefficient (Wildman–Crippen LogP) is 2.22. The number of benzene rings is 1. The number of ether oxygens (including phenoxy) is 3. The first kappa shape index (κ1) is 14.7. The number of rotatable bonds is 5. The van der Waals surface area contributed by atoms with Crippen molar-refractivity contribution in [1.82, 2.24) is 0 Å². The summed E-state index contributed by atoms with van der Waals surface area (Å²) in [5.74, 6) is 0.468. The number of anilines is 1. The number of hydrogen-bond donors (Lipinski definition) is 1. The van der Waals surface area contributed by atoms with Crippen molar-refractivity contribution in [1.29, 1.82) is 0 Å². The molecule has 1 heterocycles. The summed E-state index contributed by atoms with van der Waals surface area (Å²) in [6.07, 6.45) is 1.84. The number of carbonyl (C=O) groups is 1. The van der Waals surface area contributed by atoms with Gasteiger partial charge in [-0.15, -0.1) is 0 Å². The van der Waals surface area contributed by atoms with E-state index in [1.807, 2.05) is 31.2 Å². The highest BCUT2D eigenvalue weighted by molar-refractivity contribution is 5.80. The molecule has 3 atom stereocenters. The molecule has 0 saturated carbocycles. The molecule has 0 bridgehead atoms. The molecule has 0 amide bonds. The van der Waals surface area contributed by atoms with Crippen molar-refractivity contribution in [3.63, 3.8) is 0 Å². The van der Waals surface area contributed by atoms with Crippen molar-refractivity contribution >= 4 is 11.7 Å². The van der Waals surface area contributed by atoms with Crippen LogP contribution in [0.2, 0.25) is 0 Å². The average Bonchev–Trinajstić information content (AvgIpc) is 2.91. The van der Waals surface area contributed by atoms with E-state index in [4.69, 9.17) is 14.2 Å². The summed E-state index contributed by atoms with van der Waals surface area (Å²) in [5.41, 5.74) is 0.837. The van der Waals surface area contributed by atoms with Gasteiger partial charge in [-0.2, -0.15) is 0 Å². The Labute approximate surface area is 119 Å². The Bertz CT molecular complexity index is 446. The summed E-state index contributed by atoms with van der Waals surface area (Å²) in [6.45, 7) is 2.02. The smallest absolute Gasteiger partial charge is 0.331 e. The quantitative estimate of drug-likeness (QED) is 0.838. The zero-order chi connectivity index (χ0) is 14.5. The molecule has 1 aromatic rings.